The van der Waals surface area contributed by atoms with Crippen molar-refractivity contribution in [2.45, 2.75) is 44.3 Å². The first-order valence-corrected chi connectivity index (χ1v) is 7.03. The van der Waals surface area contributed by atoms with E-state index in [4.69, 9.17) is 14.2 Å². The van der Waals surface area contributed by atoms with Crippen LogP contribution >= 0.6 is 0 Å². The fourth-order valence-corrected chi connectivity index (χ4v) is 3.38. The number of methoxy groups -OCH3 is 2. The lowest BCUT2D eigenvalue weighted by molar-refractivity contribution is -0.260. The summed E-state index contributed by atoms with van der Waals surface area (Å²) in [5, 5.41) is 0. The molecule has 1 spiro atoms. The van der Waals surface area contributed by atoms with Gasteiger partial charge in [-0.25, -0.2) is 0 Å². The number of carbonyl (C=O) groups is 2. The van der Waals surface area contributed by atoms with E-state index in [2.05, 4.69) is 4.74 Å². The van der Waals surface area contributed by atoms with E-state index in [1.807, 2.05) is 0 Å². The molecule has 0 N–H and O–H groups in total. The van der Waals surface area contributed by atoms with Crippen molar-refractivity contribution in [1.82, 2.24) is 0 Å². The Morgan fingerprint density at radius 1 is 1.05 bits per heavy atom. The number of esters is 2. The molecule has 20 heavy (non-hydrogen) atoms. The van der Waals surface area contributed by atoms with Crippen LogP contribution in [0, 0.1) is 5.41 Å². The summed E-state index contributed by atoms with van der Waals surface area (Å²) in [4.78, 5) is 23.9. The predicted octanol–water partition coefficient (Wildman–Crippen LogP) is 1.42. The second-order valence-corrected chi connectivity index (χ2v) is 5.31. The van der Waals surface area contributed by atoms with Gasteiger partial charge in [0.05, 0.1) is 27.4 Å². The lowest BCUT2D eigenvalue weighted by Gasteiger charge is -2.47. The molecule has 1 saturated heterocycles. The van der Waals surface area contributed by atoms with E-state index in [9.17, 15) is 9.59 Å². The fraction of sp³-hybridized carbons (Fsp3) is 0.857. The van der Waals surface area contributed by atoms with Crippen LogP contribution < -0.4 is 0 Å². The van der Waals surface area contributed by atoms with Crippen molar-refractivity contribution in [3.63, 3.8) is 0 Å². The Balaban J connectivity index is 2.28. The molecule has 0 bridgehead atoms. The van der Waals surface area contributed by atoms with E-state index in [1.165, 1.54) is 14.2 Å². The molecule has 114 valence electrons. The van der Waals surface area contributed by atoms with Gasteiger partial charge in [-0.05, 0) is 19.3 Å². The Labute approximate surface area is 118 Å². The summed E-state index contributed by atoms with van der Waals surface area (Å²) in [6.07, 6.45) is 3.58. The second-order valence-electron chi connectivity index (χ2n) is 5.31. The zero-order chi connectivity index (χ0) is 14.6. The highest BCUT2D eigenvalue weighted by Gasteiger charge is 2.62. The Hall–Kier alpha value is -1.14. The summed E-state index contributed by atoms with van der Waals surface area (Å²) in [7, 11) is 2.70. The first-order valence-electron chi connectivity index (χ1n) is 7.03. The van der Waals surface area contributed by atoms with E-state index < -0.39 is 11.2 Å². The van der Waals surface area contributed by atoms with Crippen molar-refractivity contribution in [1.29, 1.82) is 0 Å². The van der Waals surface area contributed by atoms with Crippen LogP contribution in [0.5, 0.6) is 0 Å². The van der Waals surface area contributed by atoms with Crippen LogP contribution in [0.4, 0.5) is 0 Å². The normalized spacial score (nSPS) is 28.3. The average molecular weight is 286 g/mol. The second kappa shape index (κ2) is 6.10. The zero-order valence-corrected chi connectivity index (χ0v) is 12.1. The smallest absolute Gasteiger partial charge is 0.317 e. The van der Waals surface area contributed by atoms with Gasteiger partial charge in [-0.1, -0.05) is 6.42 Å². The maximum atomic E-state index is 12.4. The standard InChI is InChI=1S/C14H22O6/c1-17-11(15)5-8-13(12(16)18-2)6-3-4-7-14(13)19-9-10-20-14/h3-10H2,1-2H3/t13-/m0/s1. The number of hydrogen-bond acceptors (Lipinski definition) is 6. The highest BCUT2D eigenvalue weighted by atomic mass is 16.7. The van der Waals surface area contributed by atoms with Crippen molar-refractivity contribution in [3.8, 4) is 0 Å². The molecule has 0 aromatic carbocycles. The van der Waals surface area contributed by atoms with Crippen LogP contribution in [0.3, 0.4) is 0 Å². The molecule has 1 heterocycles. The van der Waals surface area contributed by atoms with Crippen LogP contribution in [-0.2, 0) is 28.5 Å². The average Bonchev–Trinajstić information content (AvgIpc) is 2.95. The minimum absolute atomic E-state index is 0.153. The molecule has 0 aromatic heterocycles. The Morgan fingerprint density at radius 3 is 2.30 bits per heavy atom. The summed E-state index contributed by atoms with van der Waals surface area (Å²) < 4.78 is 21.3. The lowest BCUT2D eigenvalue weighted by atomic mass is 9.66. The van der Waals surface area contributed by atoms with Crippen molar-refractivity contribution in [2.24, 2.45) is 5.41 Å². The maximum Gasteiger partial charge on any atom is 0.317 e. The molecule has 1 saturated carbocycles. The number of rotatable bonds is 4. The summed E-state index contributed by atoms with van der Waals surface area (Å²) in [6.45, 7) is 0.938. The third-order valence-electron chi connectivity index (χ3n) is 4.40. The van der Waals surface area contributed by atoms with Gasteiger partial charge in [-0.3, -0.25) is 9.59 Å². The zero-order valence-electron chi connectivity index (χ0n) is 12.1. The molecule has 1 aliphatic heterocycles. The third kappa shape index (κ3) is 2.42. The van der Waals surface area contributed by atoms with Crippen LogP contribution in [0.2, 0.25) is 0 Å². The first kappa shape index (κ1) is 15.3. The number of hydrogen-bond donors (Lipinski definition) is 0. The van der Waals surface area contributed by atoms with E-state index in [-0.39, 0.29) is 18.4 Å². The molecular weight excluding hydrogens is 264 g/mol. The monoisotopic (exact) mass is 286 g/mol. The molecule has 6 heteroatoms. The summed E-state index contributed by atoms with van der Waals surface area (Å²) >= 11 is 0. The highest BCUT2D eigenvalue weighted by molar-refractivity contribution is 5.79. The van der Waals surface area contributed by atoms with Gasteiger partial charge in [-0.15, -0.1) is 0 Å². The van der Waals surface area contributed by atoms with Crippen molar-refractivity contribution in [2.75, 3.05) is 27.4 Å². The molecule has 6 nitrogen and oxygen atoms in total. The van der Waals surface area contributed by atoms with Gasteiger partial charge < -0.3 is 18.9 Å². The van der Waals surface area contributed by atoms with Crippen molar-refractivity contribution in [3.05, 3.63) is 0 Å². The molecule has 2 fully saturated rings. The minimum atomic E-state index is -0.938. The van der Waals surface area contributed by atoms with Gasteiger partial charge in [0.2, 0.25) is 0 Å². The molecule has 0 radical (unpaired) electrons. The highest BCUT2D eigenvalue weighted by Crippen LogP contribution is 2.52. The molecule has 2 aliphatic rings. The van der Waals surface area contributed by atoms with Crippen molar-refractivity contribution >= 4 is 11.9 Å². The van der Waals surface area contributed by atoms with Gasteiger partial charge in [0.1, 0.15) is 5.41 Å². The Morgan fingerprint density at radius 2 is 1.70 bits per heavy atom. The van der Waals surface area contributed by atoms with Crippen LogP contribution in [-0.4, -0.2) is 45.2 Å². The maximum absolute atomic E-state index is 12.4. The van der Waals surface area contributed by atoms with Gasteiger partial charge in [0, 0.05) is 12.8 Å². The van der Waals surface area contributed by atoms with Crippen molar-refractivity contribution < 1.29 is 28.5 Å². The SMILES string of the molecule is COC(=O)CC[C@]1(C(=O)OC)CCCCC12OCCO2. The molecular formula is C14H22O6. The molecule has 0 aromatic rings. The Bertz CT molecular complexity index is 374. The summed E-state index contributed by atoms with van der Waals surface area (Å²) in [5.74, 6) is -1.64. The Kier molecular flexibility index (Phi) is 4.65. The van der Waals surface area contributed by atoms with Gasteiger partial charge in [0.15, 0.2) is 5.79 Å². The lowest BCUT2D eigenvalue weighted by Crippen LogP contribution is -2.56. The van der Waals surface area contributed by atoms with E-state index >= 15 is 0 Å². The largest absolute Gasteiger partial charge is 0.469 e. The molecule has 0 amide bonds. The topological polar surface area (TPSA) is 71.1 Å². The van der Waals surface area contributed by atoms with E-state index in [1.54, 1.807) is 0 Å². The number of carbonyl (C=O) groups excluding carboxylic acids is 2. The summed E-state index contributed by atoms with van der Waals surface area (Å²) in [5.41, 5.74) is -0.912. The van der Waals surface area contributed by atoms with Crippen LogP contribution in [0.25, 0.3) is 0 Å². The van der Waals surface area contributed by atoms with Crippen LogP contribution in [0.1, 0.15) is 38.5 Å². The first-order chi connectivity index (χ1) is 9.60. The quantitative estimate of drug-likeness (QED) is 0.728. The predicted molar refractivity (Wildman–Crippen MR) is 68.8 cm³/mol. The van der Waals surface area contributed by atoms with Gasteiger partial charge >= 0.3 is 11.9 Å². The van der Waals surface area contributed by atoms with E-state index in [0.717, 1.165) is 12.8 Å². The molecule has 1 aliphatic carbocycles. The molecule has 2 rings (SSSR count). The summed E-state index contributed by atoms with van der Waals surface area (Å²) in [6, 6.07) is 0. The minimum Gasteiger partial charge on any atom is -0.469 e. The van der Waals surface area contributed by atoms with Gasteiger partial charge in [0.25, 0.3) is 0 Å². The third-order valence-corrected chi connectivity index (χ3v) is 4.40. The van der Waals surface area contributed by atoms with Gasteiger partial charge in [-0.2, -0.15) is 0 Å². The number of ether oxygens (including phenoxy) is 4. The van der Waals surface area contributed by atoms with Crippen LogP contribution in [0.15, 0.2) is 0 Å². The fourth-order valence-electron chi connectivity index (χ4n) is 3.38. The molecule has 0 unspecified atom stereocenters. The molecule has 1 atom stereocenters. The van der Waals surface area contributed by atoms with E-state index in [0.29, 0.717) is 32.5 Å².